The van der Waals surface area contributed by atoms with Crippen LogP contribution in [-0.4, -0.2) is 17.2 Å². The second-order valence-electron chi connectivity index (χ2n) is 4.34. The lowest BCUT2D eigenvalue weighted by Gasteiger charge is -2.54. The maximum Gasteiger partial charge on any atom is 0.451 e. The molecule has 2 aliphatic rings. The van der Waals surface area contributed by atoms with Crippen molar-refractivity contribution in [2.24, 2.45) is 11.3 Å². The minimum Gasteiger partial charge on any atom is -0.427 e. The van der Waals surface area contributed by atoms with Crippen molar-refractivity contribution in [3.05, 3.63) is 0 Å². The van der Waals surface area contributed by atoms with Gasteiger partial charge in [-0.05, 0) is 43.3 Å². The van der Waals surface area contributed by atoms with Crippen molar-refractivity contribution in [2.45, 2.75) is 38.4 Å². The highest BCUT2D eigenvalue weighted by molar-refractivity contribution is 6.41. The Morgan fingerprint density at radius 2 is 1.91 bits per heavy atom. The molecule has 0 heterocycles. The molecule has 1 spiro atoms. The minimum absolute atomic E-state index is 0.599. The van der Waals surface area contributed by atoms with Gasteiger partial charge in [0, 0.05) is 0 Å². The Morgan fingerprint density at radius 1 is 1.27 bits per heavy atom. The molecule has 0 aliphatic heterocycles. The van der Waals surface area contributed by atoms with Gasteiger partial charge in [-0.1, -0.05) is 6.42 Å². The van der Waals surface area contributed by atoms with E-state index in [0.717, 1.165) is 0 Å². The molecular formula is C8H15BO2. The maximum absolute atomic E-state index is 8.70. The number of hydrogen-bond acceptors (Lipinski definition) is 2. The molecule has 0 unspecified atom stereocenters. The molecule has 0 saturated heterocycles. The zero-order valence-electron chi connectivity index (χ0n) is 6.79. The SMILES string of the molecule is OB(O)CC1CC2(CCC2)C1. The van der Waals surface area contributed by atoms with E-state index >= 15 is 0 Å². The van der Waals surface area contributed by atoms with Gasteiger partial charge < -0.3 is 10.0 Å². The fourth-order valence-electron chi connectivity index (χ4n) is 2.71. The third kappa shape index (κ3) is 1.32. The molecule has 0 aromatic heterocycles. The van der Waals surface area contributed by atoms with Gasteiger partial charge in [0.15, 0.2) is 0 Å². The van der Waals surface area contributed by atoms with E-state index in [1.165, 1.54) is 32.1 Å². The van der Waals surface area contributed by atoms with Crippen LogP contribution in [0, 0.1) is 11.3 Å². The van der Waals surface area contributed by atoms with E-state index in [-0.39, 0.29) is 0 Å². The van der Waals surface area contributed by atoms with Crippen LogP contribution in [0.4, 0.5) is 0 Å². The Labute approximate surface area is 67.8 Å². The fraction of sp³-hybridized carbons (Fsp3) is 1.00. The first-order valence-corrected chi connectivity index (χ1v) is 4.56. The highest BCUT2D eigenvalue weighted by atomic mass is 16.4. The lowest BCUT2D eigenvalue weighted by molar-refractivity contribution is -0.0182. The topological polar surface area (TPSA) is 40.5 Å². The van der Waals surface area contributed by atoms with Gasteiger partial charge in [0.2, 0.25) is 0 Å². The minimum atomic E-state index is -1.07. The predicted octanol–water partition coefficient (Wildman–Crippen LogP) is 1.04. The van der Waals surface area contributed by atoms with Crippen molar-refractivity contribution in [1.29, 1.82) is 0 Å². The maximum atomic E-state index is 8.70. The first-order valence-electron chi connectivity index (χ1n) is 4.56. The molecule has 0 amide bonds. The second-order valence-corrected chi connectivity index (χ2v) is 4.34. The van der Waals surface area contributed by atoms with Crippen LogP contribution in [0.2, 0.25) is 6.32 Å². The summed E-state index contributed by atoms with van der Waals surface area (Å²) in [6.45, 7) is 0. The van der Waals surface area contributed by atoms with Crippen molar-refractivity contribution in [2.75, 3.05) is 0 Å². The molecule has 3 heteroatoms. The highest BCUT2D eigenvalue weighted by Crippen LogP contribution is 2.59. The zero-order chi connectivity index (χ0) is 7.90. The van der Waals surface area contributed by atoms with E-state index in [9.17, 15) is 0 Å². The summed E-state index contributed by atoms with van der Waals surface area (Å²) in [5.74, 6) is 0.607. The highest BCUT2D eigenvalue weighted by Gasteiger charge is 2.48. The van der Waals surface area contributed by atoms with Gasteiger partial charge in [-0.2, -0.15) is 0 Å². The molecule has 11 heavy (non-hydrogen) atoms. The van der Waals surface area contributed by atoms with Crippen LogP contribution in [0.25, 0.3) is 0 Å². The van der Waals surface area contributed by atoms with Crippen molar-refractivity contribution in [1.82, 2.24) is 0 Å². The summed E-state index contributed by atoms with van der Waals surface area (Å²) in [6, 6.07) is 0. The first kappa shape index (κ1) is 7.62. The molecule has 2 fully saturated rings. The lowest BCUT2D eigenvalue weighted by Crippen LogP contribution is -2.43. The van der Waals surface area contributed by atoms with E-state index < -0.39 is 7.12 Å². The lowest BCUT2D eigenvalue weighted by atomic mass is 9.49. The predicted molar refractivity (Wildman–Crippen MR) is 44.0 cm³/mol. The first-order chi connectivity index (χ1) is 5.20. The molecule has 0 aromatic rings. The van der Waals surface area contributed by atoms with Gasteiger partial charge in [-0.25, -0.2) is 0 Å². The van der Waals surface area contributed by atoms with Crippen LogP contribution in [0.15, 0.2) is 0 Å². The molecule has 2 nitrogen and oxygen atoms in total. The standard InChI is InChI=1S/C8H15BO2/c10-9(11)6-7-4-8(5-7)2-1-3-8/h7,10-11H,1-6H2. The van der Waals surface area contributed by atoms with E-state index in [1.807, 2.05) is 0 Å². The Hall–Kier alpha value is -0.0151. The Morgan fingerprint density at radius 3 is 2.27 bits per heavy atom. The molecule has 2 rings (SSSR count). The third-order valence-electron chi connectivity index (χ3n) is 3.40. The summed E-state index contributed by atoms with van der Waals surface area (Å²) in [7, 11) is -1.07. The number of rotatable bonds is 2. The third-order valence-corrected chi connectivity index (χ3v) is 3.40. The fourth-order valence-corrected chi connectivity index (χ4v) is 2.71. The van der Waals surface area contributed by atoms with Crippen molar-refractivity contribution >= 4 is 7.12 Å². The summed E-state index contributed by atoms with van der Waals surface area (Å²) in [4.78, 5) is 0. The van der Waals surface area contributed by atoms with Crippen molar-refractivity contribution in [3.63, 3.8) is 0 Å². The van der Waals surface area contributed by atoms with Crippen LogP contribution in [0.3, 0.4) is 0 Å². The molecule has 2 aliphatic carbocycles. The monoisotopic (exact) mass is 154 g/mol. The van der Waals surface area contributed by atoms with Crippen LogP contribution in [-0.2, 0) is 0 Å². The quantitative estimate of drug-likeness (QED) is 0.583. The molecule has 0 aromatic carbocycles. The van der Waals surface area contributed by atoms with E-state index in [0.29, 0.717) is 17.7 Å². The number of hydrogen-bond donors (Lipinski definition) is 2. The summed E-state index contributed by atoms with van der Waals surface area (Å²) in [5.41, 5.74) is 0.680. The summed E-state index contributed by atoms with van der Waals surface area (Å²) >= 11 is 0. The molecular weight excluding hydrogens is 139 g/mol. The summed E-state index contributed by atoms with van der Waals surface area (Å²) < 4.78 is 0. The van der Waals surface area contributed by atoms with Crippen molar-refractivity contribution in [3.8, 4) is 0 Å². The molecule has 0 atom stereocenters. The van der Waals surface area contributed by atoms with Gasteiger partial charge in [0.05, 0.1) is 0 Å². The van der Waals surface area contributed by atoms with Gasteiger partial charge >= 0.3 is 7.12 Å². The van der Waals surface area contributed by atoms with Gasteiger partial charge in [0.25, 0.3) is 0 Å². The van der Waals surface area contributed by atoms with E-state index in [4.69, 9.17) is 10.0 Å². The van der Waals surface area contributed by atoms with Gasteiger partial charge in [-0.3, -0.25) is 0 Å². The zero-order valence-corrected chi connectivity index (χ0v) is 6.79. The van der Waals surface area contributed by atoms with Crippen LogP contribution in [0.1, 0.15) is 32.1 Å². The van der Waals surface area contributed by atoms with Crippen LogP contribution < -0.4 is 0 Å². The average Bonchev–Trinajstić information content (AvgIpc) is 1.71. The molecule has 62 valence electrons. The second kappa shape index (κ2) is 2.49. The van der Waals surface area contributed by atoms with Gasteiger partial charge in [-0.15, -0.1) is 0 Å². The van der Waals surface area contributed by atoms with Gasteiger partial charge in [0.1, 0.15) is 0 Å². The Balaban J connectivity index is 1.71. The summed E-state index contributed by atoms with van der Waals surface area (Å²) in [6.07, 6.45) is 7.29. The van der Waals surface area contributed by atoms with Crippen LogP contribution >= 0.6 is 0 Å². The van der Waals surface area contributed by atoms with Crippen LogP contribution in [0.5, 0.6) is 0 Å². The summed E-state index contributed by atoms with van der Waals surface area (Å²) in [5, 5.41) is 17.4. The largest absolute Gasteiger partial charge is 0.451 e. The molecule has 2 N–H and O–H groups in total. The Bertz CT molecular complexity index is 146. The normalized spacial score (nSPS) is 27.8. The van der Waals surface area contributed by atoms with Crippen molar-refractivity contribution < 1.29 is 10.0 Å². The Kier molecular flexibility index (Phi) is 1.73. The molecule has 0 bridgehead atoms. The molecule has 0 radical (unpaired) electrons. The average molecular weight is 154 g/mol. The van der Waals surface area contributed by atoms with E-state index in [2.05, 4.69) is 0 Å². The van der Waals surface area contributed by atoms with E-state index in [1.54, 1.807) is 0 Å². The smallest absolute Gasteiger partial charge is 0.427 e. The molecule has 2 saturated carbocycles.